The van der Waals surface area contributed by atoms with Gasteiger partial charge in [-0.05, 0) is 30.0 Å². The minimum absolute atomic E-state index is 0.101. The summed E-state index contributed by atoms with van der Waals surface area (Å²) in [4.78, 5) is 37.5. The zero-order valence-electron chi connectivity index (χ0n) is 15.1. The highest BCUT2D eigenvalue weighted by Crippen LogP contribution is 2.26. The van der Waals surface area contributed by atoms with E-state index in [0.29, 0.717) is 12.5 Å². The van der Waals surface area contributed by atoms with Crippen LogP contribution in [0.15, 0.2) is 24.3 Å². The van der Waals surface area contributed by atoms with Crippen LogP contribution in [-0.2, 0) is 25.5 Å². The molecule has 2 rings (SSSR count). The van der Waals surface area contributed by atoms with Crippen LogP contribution in [0.1, 0.15) is 32.8 Å². The Kier molecular flexibility index (Phi) is 6.56. The summed E-state index contributed by atoms with van der Waals surface area (Å²) in [6, 6.07) is 7.74. The number of carbonyl (C=O) groups is 3. The molecule has 0 unspecified atom stereocenters. The van der Waals surface area contributed by atoms with Crippen molar-refractivity contribution in [3.8, 4) is 0 Å². The molecule has 1 aromatic rings. The molecular weight excluding hydrogens is 320 g/mol. The van der Waals surface area contributed by atoms with E-state index in [0.717, 1.165) is 12.1 Å². The van der Waals surface area contributed by atoms with Crippen molar-refractivity contribution in [1.82, 2.24) is 5.32 Å². The molecule has 1 aliphatic heterocycles. The Morgan fingerprint density at radius 3 is 2.56 bits per heavy atom. The van der Waals surface area contributed by atoms with E-state index in [2.05, 4.69) is 12.2 Å². The lowest BCUT2D eigenvalue weighted by molar-refractivity contribution is -0.152. The Morgan fingerprint density at radius 1 is 1.28 bits per heavy atom. The third-order valence-electron chi connectivity index (χ3n) is 4.17. The molecule has 0 aliphatic carbocycles. The molecule has 1 aliphatic rings. The van der Waals surface area contributed by atoms with E-state index < -0.39 is 11.9 Å². The molecule has 136 valence electrons. The van der Waals surface area contributed by atoms with Gasteiger partial charge in [0, 0.05) is 25.2 Å². The van der Waals surface area contributed by atoms with Crippen LogP contribution in [0.3, 0.4) is 0 Å². The number of anilines is 1. The Balaban J connectivity index is 1.86. The SMILES string of the molecule is CCc1ccc(N2C[C@H](C(=O)OCC(=O)NCC(C)C)CC2=O)cc1. The second kappa shape index (κ2) is 8.65. The van der Waals surface area contributed by atoms with Crippen LogP contribution in [-0.4, -0.2) is 37.5 Å². The molecule has 1 fully saturated rings. The van der Waals surface area contributed by atoms with Crippen LogP contribution >= 0.6 is 0 Å². The van der Waals surface area contributed by atoms with Gasteiger partial charge in [0.15, 0.2) is 6.61 Å². The van der Waals surface area contributed by atoms with E-state index in [9.17, 15) is 14.4 Å². The second-order valence-electron chi connectivity index (χ2n) is 6.73. The van der Waals surface area contributed by atoms with Gasteiger partial charge in [-0.1, -0.05) is 32.9 Å². The third kappa shape index (κ3) is 5.31. The van der Waals surface area contributed by atoms with Crippen LogP contribution < -0.4 is 10.2 Å². The lowest BCUT2D eigenvalue weighted by Gasteiger charge is -2.17. The summed E-state index contributed by atoms with van der Waals surface area (Å²) >= 11 is 0. The van der Waals surface area contributed by atoms with Crippen molar-refractivity contribution in [1.29, 1.82) is 0 Å². The van der Waals surface area contributed by atoms with E-state index in [1.54, 1.807) is 4.90 Å². The molecule has 1 N–H and O–H groups in total. The maximum absolute atomic E-state index is 12.2. The number of aryl methyl sites for hydroxylation is 1. The fourth-order valence-electron chi connectivity index (χ4n) is 2.65. The normalized spacial score (nSPS) is 17.0. The maximum atomic E-state index is 12.2. The van der Waals surface area contributed by atoms with Crippen molar-refractivity contribution in [3.63, 3.8) is 0 Å². The van der Waals surface area contributed by atoms with Crippen LogP contribution in [0.2, 0.25) is 0 Å². The summed E-state index contributed by atoms with van der Waals surface area (Å²) in [6.07, 6.45) is 1.05. The summed E-state index contributed by atoms with van der Waals surface area (Å²) in [5, 5.41) is 2.69. The predicted molar refractivity (Wildman–Crippen MR) is 95.1 cm³/mol. The molecular formula is C19H26N2O4. The number of hydrogen-bond donors (Lipinski definition) is 1. The Bertz CT molecular complexity index is 625. The van der Waals surface area contributed by atoms with Gasteiger partial charge in [0.25, 0.3) is 5.91 Å². The van der Waals surface area contributed by atoms with Crippen LogP contribution in [0, 0.1) is 11.8 Å². The highest BCUT2D eigenvalue weighted by Gasteiger charge is 2.36. The van der Waals surface area contributed by atoms with Gasteiger partial charge in [-0.3, -0.25) is 14.4 Å². The summed E-state index contributed by atoms with van der Waals surface area (Å²) < 4.78 is 5.06. The summed E-state index contributed by atoms with van der Waals surface area (Å²) in [5.41, 5.74) is 1.98. The third-order valence-corrected chi connectivity index (χ3v) is 4.17. The molecule has 1 aromatic carbocycles. The fraction of sp³-hybridized carbons (Fsp3) is 0.526. The Morgan fingerprint density at radius 2 is 1.96 bits per heavy atom. The first kappa shape index (κ1) is 19.0. The van der Waals surface area contributed by atoms with Gasteiger partial charge < -0.3 is 15.0 Å². The molecule has 6 heteroatoms. The maximum Gasteiger partial charge on any atom is 0.311 e. The van der Waals surface area contributed by atoms with Crippen LogP contribution in [0.25, 0.3) is 0 Å². The van der Waals surface area contributed by atoms with Gasteiger partial charge >= 0.3 is 5.97 Å². The zero-order valence-corrected chi connectivity index (χ0v) is 15.1. The number of carbonyl (C=O) groups excluding carboxylic acids is 3. The van der Waals surface area contributed by atoms with Gasteiger partial charge in [-0.25, -0.2) is 0 Å². The molecule has 0 radical (unpaired) electrons. The quantitative estimate of drug-likeness (QED) is 0.765. The molecule has 0 spiro atoms. The minimum Gasteiger partial charge on any atom is -0.455 e. The Hall–Kier alpha value is -2.37. The molecule has 0 bridgehead atoms. The van der Waals surface area contributed by atoms with Crippen molar-refractivity contribution < 1.29 is 19.1 Å². The highest BCUT2D eigenvalue weighted by atomic mass is 16.5. The topological polar surface area (TPSA) is 75.7 Å². The molecule has 1 saturated heterocycles. The molecule has 1 atom stereocenters. The molecule has 1 heterocycles. The number of rotatable bonds is 7. The monoisotopic (exact) mass is 346 g/mol. The summed E-state index contributed by atoms with van der Waals surface area (Å²) in [7, 11) is 0. The number of hydrogen-bond acceptors (Lipinski definition) is 4. The van der Waals surface area contributed by atoms with Crippen LogP contribution in [0.5, 0.6) is 0 Å². The predicted octanol–water partition coefficient (Wildman–Crippen LogP) is 1.92. The van der Waals surface area contributed by atoms with E-state index in [1.165, 1.54) is 5.56 Å². The molecule has 0 aromatic heterocycles. The first-order valence-electron chi connectivity index (χ1n) is 8.73. The van der Waals surface area contributed by atoms with Gasteiger partial charge in [0.05, 0.1) is 5.92 Å². The first-order valence-corrected chi connectivity index (χ1v) is 8.73. The first-order chi connectivity index (χ1) is 11.9. The van der Waals surface area contributed by atoms with E-state index in [-0.39, 0.29) is 31.4 Å². The molecule has 0 saturated carbocycles. The number of nitrogens with one attached hydrogen (secondary N) is 1. The standard InChI is InChI=1S/C19H26N2O4/c1-4-14-5-7-16(8-6-14)21-11-15(9-18(21)23)19(24)25-12-17(22)20-10-13(2)3/h5-8,13,15H,4,9-12H2,1-3H3,(H,20,22)/t15-/m1/s1. The number of benzene rings is 1. The summed E-state index contributed by atoms with van der Waals surface area (Å²) in [6.45, 7) is 6.56. The number of amides is 2. The van der Waals surface area contributed by atoms with Gasteiger partial charge in [-0.2, -0.15) is 0 Å². The second-order valence-corrected chi connectivity index (χ2v) is 6.73. The minimum atomic E-state index is -0.531. The largest absolute Gasteiger partial charge is 0.455 e. The number of ether oxygens (including phenoxy) is 1. The average Bonchev–Trinajstić information content (AvgIpc) is 2.99. The molecule has 2 amide bonds. The zero-order chi connectivity index (χ0) is 18.4. The number of esters is 1. The van der Waals surface area contributed by atoms with E-state index in [1.807, 2.05) is 38.1 Å². The van der Waals surface area contributed by atoms with Crippen molar-refractivity contribution >= 4 is 23.5 Å². The van der Waals surface area contributed by atoms with E-state index in [4.69, 9.17) is 4.74 Å². The van der Waals surface area contributed by atoms with Crippen molar-refractivity contribution in [2.45, 2.75) is 33.6 Å². The van der Waals surface area contributed by atoms with Gasteiger partial charge in [0.2, 0.25) is 5.91 Å². The number of nitrogens with zero attached hydrogens (tertiary/aromatic N) is 1. The van der Waals surface area contributed by atoms with E-state index >= 15 is 0 Å². The molecule has 25 heavy (non-hydrogen) atoms. The van der Waals surface area contributed by atoms with Crippen LogP contribution in [0.4, 0.5) is 5.69 Å². The fourth-order valence-corrected chi connectivity index (χ4v) is 2.65. The lowest BCUT2D eigenvalue weighted by atomic mass is 10.1. The van der Waals surface area contributed by atoms with Crippen molar-refractivity contribution in [2.75, 3.05) is 24.6 Å². The smallest absolute Gasteiger partial charge is 0.311 e. The lowest BCUT2D eigenvalue weighted by Crippen LogP contribution is -2.33. The van der Waals surface area contributed by atoms with Gasteiger partial charge in [0.1, 0.15) is 0 Å². The van der Waals surface area contributed by atoms with Crippen molar-refractivity contribution in [3.05, 3.63) is 29.8 Å². The van der Waals surface area contributed by atoms with Crippen molar-refractivity contribution in [2.24, 2.45) is 11.8 Å². The Labute approximate surface area is 148 Å². The van der Waals surface area contributed by atoms with Gasteiger partial charge in [-0.15, -0.1) is 0 Å². The molecule has 6 nitrogen and oxygen atoms in total. The summed E-state index contributed by atoms with van der Waals surface area (Å²) in [5.74, 6) is -1.12. The average molecular weight is 346 g/mol. The highest BCUT2D eigenvalue weighted by molar-refractivity contribution is 5.99.